The number of carbonyl (C=O) groups excluding carboxylic acids is 1. The molecule has 0 aliphatic heterocycles. The third-order valence-corrected chi connectivity index (χ3v) is 2.90. The van der Waals surface area contributed by atoms with Gasteiger partial charge in [-0.25, -0.2) is 0 Å². The van der Waals surface area contributed by atoms with Crippen LogP contribution in [0, 0.1) is 11.8 Å². The average molecular weight is 189 g/mol. The van der Waals surface area contributed by atoms with Gasteiger partial charge in [0.2, 0.25) is 0 Å². The van der Waals surface area contributed by atoms with E-state index in [9.17, 15) is 9.70 Å². The Bertz CT molecular complexity index is 394. The first-order valence-corrected chi connectivity index (χ1v) is 4.63. The molecule has 1 aliphatic rings. The maximum atomic E-state index is 10.9. The van der Waals surface area contributed by atoms with Gasteiger partial charge < -0.3 is 4.79 Å². The van der Waals surface area contributed by atoms with E-state index >= 15 is 0 Å². The van der Waals surface area contributed by atoms with Crippen molar-refractivity contribution in [2.75, 3.05) is 0 Å². The predicted octanol–water partition coefficient (Wildman–Crippen LogP) is 2.62. The highest BCUT2D eigenvalue weighted by atomic mass is 16.3. The van der Waals surface area contributed by atoms with Crippen LogP contribution in [0.5, 0.6) is 0 Å². The van der Waals surface area contributed by atoms with Gasteiger partial charge in [0.25, 0.3) is 0 Å². The zero-order chi connectivity index (χ0) is 10.2. The number of aldehydes is 1. The summed E-state index contributed by atoms with van der Waals surface area (Å²) in [5.74, 6) is 0. The zero-order valence-corrected chi connectivity index (χ0v) is 7.99. The molecule has 1 aromatic rings. The third-order valence-electron chi connectivity index (χ3n) is 2.90. The maximum absolute atomic E-state index is 10.9. The Morgan fingerprint density at radius 2 is 2.14 bits per heavy atom. The highest BCUT2D eigenvalue weighted by molar-refractivity contribution is 5.74. The quantitative estimate of drug-likeness (QED) is 0.542. The maximum Gasteiger partial charge on any atom is 0.130 e. The number of aryl methyl sites for hydroxylation is 1. The fourth-order valence-corrected chi connectivity index (χ4v) is 1.63. The fraction of sp³-hybridized carbons (Fsp3) is 0.364. The number of nitrogens with zero attached hydrogens (tertiary/aromatic N) is 1. The average Bonchev–Trinajstić information content (AvgIpc) is 2.99. The van der Waals surface area contributed by atoms with Crippen LogP contribution in [-0.4, -0.2) is 6.29 Å². The Hall–Kier alpha value is -1.51. The summed E-state index contributed by atoms with van der Waals surface area (Å²) in [6.07, 6.45) is 2.75. The Morgan fingerprint density at radius 1 is 1.43 bits per heavy atom. The standard InChI is InChI=1S/C11H11NO2/c1-8-2-3-9(6-10(8)12-14)11(7-13)4-5-11/h2-3,6-7H,4-5H2,1H3. The first kappa shape index (κ1) is 9.06. The molecule has 1 aliphatic carbocycles. The van der Waals surface area contributed by atoms with Crippen molar-refractivity contribution >= 4 is 12.0 Å². The lowest BCUT2D eigenvalue weighted by Crippen LogP contribution is -2.07. The van der Waals surface area contributed by atoms with Gasteiger partial charge in [-0.2, -0.15) is 0 Å². The van der Waals surface area contributed by atoms with E-state index in [0.29, 0.717) is 5.69 Å². The van der Waals surface area contributed by atoms with Gasteiger partial charge in [-0.1, -0.05) is 12.1 Å². The lowest BCUT2D eigenvalue weighted by Gasteiger charge is -2.08. The third kappa shape index (κ3) is 1.25. The van der Waals surface area contributed by atoms with Crippen molar-refractivity contribution in [2.24, 2.45) is 5.18 Å². The van der Waals surface area contributed by atoms with Crippen LogP contribution < -0.4 is 0 Å². The van der Waals surface area contributed by atoms with E-state index in [1.165, 1.54) is 0 Å². The molecule has 0 spiro atoms. The van der Waals surface area contributed by atoms with Crippen LogP contribution in [0.25, 0.3) is 0 Å². The number of rotatable bonds is 3. The summed E-state index contributed by atoms with van der Waals surface area (Å²) in [7, 11) is 0. The van der Waals surface area contributed by atoms with E-state index in [4.69, 9.17) is 0 Å². The second-order valence-electron chi connectivity index (χ2n) is 3.87. The minimum atomic E-state index is -0.312. The second-order valence-corrected chi connectivity index (χ2v) is 3.87. The summed E-state index contributed by atoms with van der Waals surface area (Å²) in [6, 6.07) is 5.48. The number of carbonyl (C=O) groups is 1. The molecule has 0 saturated heterocycles. The highest BCUT2D eigenvalue weighted by Crippen LogP contribution is 2.47. The summed E-state index contributed by atoms with van der Waals surface area (Å²) in [5.41, 5.74) is 1.90. The van der Waals surface area contributed by atoms with Gasteiger partial charge >= 0.3 is 0 Å². The molecule has 2 rings (SSSR count). The van der Waals surface area contributed by atoms with Gasteiger partial charge in [-0.15, -0.1) is 4.91 Å². The molecular weight excluding hydrogens is 178 g/mol. The highest BCUT2D eigenvalue weighted by Gasteiger charge is 2.44. The molecule has 0 amide bonds. The topological polar surface area (TPSA) is 46.5 Å². The Labute approximate surface area is 82.1 Å². The van der Waals surface area contributed by atoms with Crippen LogP contribution in [0.2, 0.25) is 0 Å². The van der Waals surface area contributed by atoms with Crippen LogP contribution in [-0.2, 0) is 10.2 Å². The van der Waals surface area contributed by atoms with E-state index in [1.807, 2.05) is 19.1 Å². The molecule has 0 atom stereocenters. The monoisotopic (exact) mass is 189 g/mol. The lowest BCUT2D eigenvalue weighted by atomic mass is 9.96. The second kappa shape index (κ2) is 3.01. The van der Waals surface area contributed by atoms with Crippen molar-refractivity contribution in [1.29, 1.82) is 0 Å². The number of hydrogen-bond acceptors (Lipinski definition) is 3. The minimum Gasteiger partial charge on any atom is -0.302 e. The van der Waals surface area contributed by atoms with E-state index < -0.39 is 0 Å². The fourth-order valence-electron chi connectivity index (χ4n) is 1.63. The van der Waals surface area contributed by atoms with Crippen molar-refractivity contribution in [1.82, 2.24) is 0 Å². The first-order chi connectivity index (χ1) is 6.72. The number of hydrogen-bond donors (Lipinski definition) is 0. The summed E-state index contributed by atoms with van der Waals surface area (Å²) in [4.78, 5) is 21.3. The largest absolute Gasteiger partial charge is 0.302 e. The smallest absolute Gasteiger partial charge is 0.130 e. The summed E-state index contributed by atoms with van der Waals surface area (Å²) in [5, 5.41) is 2.94. The van der Waals surface area contributed by atoms with Crippen molar-refractivity contribution in [2.45, 2.75) is 25.2 Å². The molecule has 1 fully saturated rings. The van der Waals surface area contributed by atoms with Crippen LogP contribution in [0.4, 0.5) is 5.69 Å². The van der Waals surface area contributed by atoms with Gasteiger partial charge in [-0.05, 0) is 42.1 Å². The SMILES string of the molecule is Cc1ccc(C2(C=O)CC2)cc1N=O. The summed E-state index contributed by atoms with van der Waals surface area (Å²) < 4.78 is 0. The van der Waals surface area contributed by atoms with Crippen molar-refractivity contribution < 1.29 is 4.79 Å². The molecular formula is C11H11NO2. The number of nitroso groups, excluding NO2 is 1. The number of benzene rings is 1. The van der Waals surface area contributed by atoms with Gasteiger partial charge in [-0.3, -0.25) is 0 Å². The normalized spacial score (nSPS) is 17.5. The van der Waals surface area contributed by atoms with Crippen LogP contribution in [0.3, 0.4) is 0 Å². The first-order valence-electron chi connectivity index (χ1n) is 4.63. The van der Waals surface area contributed by atoms with E-state index in [1.54, 1.807) is 6.07 Å². The minimum absolute atomic E-state index is 0.312. The molecule has 0 aromatic heterocycles. The summed E-state index contributed by atoms with van der Waals surface area (Å²) in [6.45, 7) is 1.83. The Kier molecular flexibility index (Phi) is 1.95. The van der Waals surface area contributed by atoms with E-state index in [2.05, 4.69) is 5.18 Å². The molecule has 0 radical (unpaired) electrons. The molecule has 0 heterocycles. The van der Waals surface area contributed by atoms with E-state index in [-0.39, 0.29) is 5.41 Å². The predicted molar refractivity (Wildman–Crippen MR) is 53.6 cm³/mol. The molecule has 3 heteroatoms. The molecule has 14 heavy (non-hydrogen) atoms. The van der Waals surface area contributed by atoms with Gasteiger partial charge in [0.1, 0.15) is 12.0 Å². The summed E-state index contributed by atoms with van der Waals surface area (Å²) >= 11 is 0. The lowest BCUT2D eigenvalue weighted by molar-refractivity contribution is -0.109. The van der Waals surface area contributed by atoms with E-state index in [0.717, 1.165) is 30.3 Å². The molecule has 3 nitrogen and oxygen atoms in total. The van der Waals surface area contributed by atoms with Crippen LogP contribution >= 0.6 is 0 Å². The van der Waals surface area contributed by atoms with Crippen molar-refractivity contribution in [3.05, 3.63) is 34.2 Å². The Morgan fingerprint density at radius 3 is 2.64 bits per heavy atom. The molecule has 0 unspecified atom stereocenters. The van der Waals surface area contributed by atoms with Crippen molar-refractivity contribution in [3.63, 3.8) is 0 Å². The molecule has 1 aromatic carbocycles. The molecule has 1 saturated carbocycles. The van der Waals surface area contributed by atoms with Crippen LogP contribution in [0.15, 0.2) is 23.4 Å². The Balaban J connectivity index is 2.46. The van der Waals surface area contributed by atoms with Gasteiger partial charge in [0.15, 0.2) is 0 Å². The molecule has 0 N–H and O–H groups in total. The van der Waals surface area contributed by atoms with Crippen molar-refractivity contribution in [3.8, 4) is 0 Å². The molecule has 0 bridgehead atoms. The van der Waals surface area contributed by atoms with Gasteiger partial charge in [0, 0.05) is 0 Å². The zero-order valence-electron chi connectivity index (χ0n) is 7.99. The van der Waals surface area contributed by atoms with Gasteiger partial charge in [0.05, 0.1) is 5.41 Å². The van der Waals surface area contributed by atoms with Crippen LogP contribution in [0.1, 0.15) is 24.0 Å². The molecule has 72 valence electrons.